The van der Waals surface area contributed by atoms with Gasteiger partial charge in [-0.3, -0.25) is 9.89 Å². The van der Waals surface area contributed by atoms with Crippen LogP contribution in [0.5, 0.6) is 0 Å². The van der Waals surface area contributed by atoms with E-state index < -0.39 is 0 Å². The second kappa shape index (κ2) is 7.73. The van der Waals surface area contributed by atoms with E-state index in [0.29, 0.717) is 12.6 Å². The first-order chi connectivity index (χ1) is 12.1. The molecule has 0 bridgehead atoms. The fraction of sp³-hybridized carbons (Fsp3) is 0.650. The maximum Gasteiger partial charge on any atom is 0.191 e. The van der Waals surface area contributed by atoms with Gasteiger partial charge in [-0.25, -0.2) is 4.39 Å². The van der Waals surface area contributed by atoms with Gasteiger partial charge in [-0.05, 0) is 58.2 Å². The molecule has 2 aliphatic rings. The highest BCUT2D eigenvalue weighted by Gasteiger charge is 2.45. The second-order valence-electron chi connectivity index (χ2n) is 7.58. The Morgan fingerprint density at radius 2 is 2.04 bits per heavy atom. The van der Waals surface area contributed by atoms with Gasteiger partial charge in [-0.15, -0.1) is 0 Å². The summed E-state index contributed by atoms with van der Waals surface area (Å²) in [6.45, 7) is 6.64. The Hall–Kier alpha value is -1.62. The largest absolute Gasteiger partial charge is 0.357 e. The van der Waals surface area contributed by atoms with Crippen LogP contribution in [0, 0.1) is 5.82 Å². The summed E-state index contributed by atoms with van der Waals surface area (Å²) in [7, 11) is 2.20. The summed E-state index contributed by atoms with van der Waals surface area (Å²) in [6, 6.07) is 8.36. The van der Waals surface area contributed by atoms with E-state index in [4.69, 9.17) is 4.99 Å². The number of nitrogens with zero attached hydrogens (tertiary/aromatic N) is 2. The van der Waals surface area contributed by atoms with Gasteiger partial charge >= 0.3 is 0 Å². The van der Waals surface area contributed by atoms with E-state index in [2.05, 4.69) is 36.4 Å². The summed E-state index contributed by atoms with van der Waals surface area (Å²) in [5.41, 5.74) is 0.709. The molecule has 1 aromatic carbocycles. The number of rotatable bonds is 8. The van der Waals surface area contributed by atoms with Crippen LogP contribution in [0.15, 0.2) is 29.3 Å². The number of nitrogens with one attached hydrogen (secondary N) is 2. The molecule has 0 heterocycles. The minimum Gasteiger partial charge on any atom is -0.357 e. The van der Waals surface area contributed by atoms with Crippen molar-refractivity contribution in [2.24, 2.45) is 4.99 Å². The van der Waals surface area contributed by atoms with Crippen LogP contribution in [0.25, 0.3) is 0 Å². The second-order valence-corrected chi connectivity index (χ2v) is 7.58. The molecule has 0 aliphatic heterocycles. The quantitative estimate of drug-likeness (QED) is 0.562. The van der Waals surface area contributed by atoms with Crippen LogP contribution in [-0.2, 0) is 5.41 Å². The van der Waals surface area contributed by atoms with E-state index in [1.54, 1.807) is 12.1 Å². The third-order valence-electron chi connectivity index (χ3n) is 5.57. The highest BCUT2D eigenvalue weighted by Crippen LogP contribution is 2.49. The monoisotopic (exact) mass is 346 g/mol. The van der Waals surface area contributed by atoms with Gasteiger partial charge in [0.05, 0.1) is 6.54 Å². The highest BCUT2D eigenvalue weighted by molar-refractivity contribution is 5.79. The van der Waals surface area contributed by atoms with Gasteiger partial charge < -0.3 is 10.6 Å². The fourth-order valence-corrected chi connectivity index (χ4v) is 3.36. The van der Waals surface area contributed by atoms with Gasteiger partial charge in [0.25, 0.3) is 0 Å². The Morgan fingerprint density at radius 1 is 1.32 bits per heavy atom. The van der Waals surface area contributed by atoms with Crippen LogP contribution in [0.4, 0.5) is 4.39 Å². The lowest BCUT2D eigenvalue weighted by atomic mass is 9.95. The number of hydrogen-bond donors (Lipinski definition) is 2. The maximum absolute atomic E-state index is 14.1. The highest BCUT2D eigenvalue weighted by atomic mass is 19.1. The summed E-state index contributed by atoms with van der Waals surface area (Å²) in [5.74, 6) is 0.731. The van der Waals surface area contributed by atoms with E-state index >= 15 is 0 Å². The number of likely N-dealkylation sites (N-methyl/N-ethyl adjacent to an activating group) is 1. The van der Waals surface area contributed by atoms with Crippen LogP contribution in [0.1, 0.15) is 45.1 Å². The van der Waals surface area contributed by atoms with Crippen molar-refractivity contribution in [2.75, 3.05) is 26.7 Å². The Morgan fingerprint density at radius 3 is 2.64 bits per heavy atom. The van der Waals surface area contributed by atoms with E-state index in [1.165, 1.54) is 12.8 Å². The van der Waals surface area contributed by atoms with Crippen molar-refractivity contribution < 1.29 is 4.39 Å². The number of halogens is 1. The van der Waals surface area contributed by atoms with E-state index in [-0.39, 0.29) is 11.2 Å². The average Bonchev–Trinajstić information content (AvgIpc) is 3.51. The van der Waals surface area contributed by atoms with Crippen molar-refractivity contribution in [1.82, 2.24) is 15.5 Å². The van der Waals surface area contributed by atoms with E-state index in [9.17, 15) is 4.39 Å². The third-order valence-corrected chi connectivity index (χ3v) is 5.57. The molecule has 0 saturated heterocycles. The molecule has 1 aromatic rings. The van der Waals surface area contributed by atoms with Crippen molar-refractivity contribution in [2.45, 2.75) is 57.0 Å². The smallest absolute Gasteiger partial charge is 0.191 e. The van der Waals surface area contributed by atoms with Crippen molar-refractivity contribution in [1.29, 1.82) is 0 Å². The van der Waals surface area contributed by atoms with Crippen molar-refractivity contribution >= 4 is 5.96 Å². The minimum absolute atomic E-state index is 0.104. The molecule has 2 N–H and O–H groups in total. The van der Waals surface area contributed by atoms with Crippen molar-refractivity contribution in [3.8, 4) is 0 Å². The van der Waals surface area contributed by atoms with Crippen molar-refractivity contribution in [3.05, 3.63) is 35.6 Å². The molecule has 1 unspecified atom stereocenters. The molecule has 5 heteroatoms. The number of benzene rings is 1. The van der Waals surface area contributed by atoms with Crippen LogP contribution in [-0.4, -0.2) is 49.6 Å². The van der Waals surface area contributed by atoms with Gasteiger partial charge in [0, 0.05) is 30.6 Å². The molecule has 4 nitrogen and oxygen atoms in total. The van der Waals surface area contributed by atoms with Gasteiger partial charge in [-0.1, -0.05) is 18.2 Å². The zero-order chi connectivity index (χ0) is 17.9. The minimum atomic E-state index is -0.107. The Balaban J connectivity index is 1.59. The molecule has 0 amide bonds. The lowest BCUT2D eigenvalue weighted by Crippen LogP contribution is -2.45. The molecule has 0 spiro atoms. The van der Waals surface area contributed by atoms with Crippen LogP contribution < -0.4 is 10.6 Å². The first-order valence-corrected chi connectivity index (χ1v) is 9.55. The molecule has 2 saturated carbocycles. The normalized spacial score (nSPS) is 20.4. The number of aliphatic imine (C=N–C) groups is 1. The summed E-state index contributed by atoms with van der Waals surface area (Å²) < 4.78 is 14.1. The lowest BCUT2D eigenvalue weighted by Gasteiger charge is -2.25. The van der Waals surface area contributed by atoms with Gasteiger partial charge in [0.15, 0.2) is 5.96 Å². The van der Waals surface area contributed by atoms with Gasteiger partial charge in [0.1, 0.15) is 5.82 Å². The van der Waals surface area contributed by atoms with Crippen LogP contribution in [0.2, 0.25) is 0 Å². The molecule has 0 aromatic heterocycles. The first kappa shape index (κ1) is 18.2. The van der Waals surface area contributed by atoms with Crippen LogP contribution in [0.3, 0.4) is 0 Å². The number of hydrogen-bond acceptors (Lipinski definition) is 2. The molecule has 0 radical (unpaired) electrons. The topological polar surface area (TPSA) is 39.7 Å². The predicted octanol–water partition coefficient (Wildman–Crippen LogP) is 2.90. The average molecular weight is 346 g/mol. The van der Waals surface area contributed by atoms with Crippen LogP contribution >= 0.6 is 0 Å². The van der Waals surface area contributed by atoms with Gasteiger partial charge in [-0.2, -0.15) is 0 Å². The zero-order valence-corrected chi connectivity index (χ0v) is 15.7. The Labute approximate surface area is 150 Å². The predicted molar refractivity (Wildman–Crippen MR) is 102 cm³/mol. The SMILES string of the molecule is CCNC(=NCC1(c2ccccc2F)CC1)NCC(C)N(C)C1CC1. The molecule has 1 atom stereocenters. The molecule has 2 fully saturated rings. The summed E-state index contributed by atoms with van der Waals surface area (Å²) >= 11 is 0. The van der Waals surface area contributed by atoms with Gasteiger partial charge in [0.2, 0.25) is 0 Å². The first-order valence-electron chi connectivity index (χ1n) is 9.55. The zero-order valence-electron chi connectivity index (χ0n) is 15.7. The van der Waals surface area contributed by atoms with E-state index in [1.807, 2.05) is 12.1 Å². The molecule has 25 heavy (non-hydrogen) atoms. The Bertz CT molecular complexity index is 607. The third kappa shape index (κ3) is 4.51. The standard InChI is InChI=1S/C20H31FN4/c1-4-22-19(23-13-15(2)25(3)16-9-10-16)24-14-20(11-12-20)17-7-5-6-8-18(17)21/h5-8,15-16H,4,9-14H2,1-3H3,(H2,22,23,24). The molecular weight excluding hydrogens is 315 g/mol. The molecule has 3 rings (SSSR count). The van der Waals surface area contributed by atoms with E-state index in [0.717, 1.165) is 43.5 Å². The summed E-state index contributed by atoms with van der Waals surface area (Å²) in [5, 5.41) is 6.77. The summed E-state index contributed by atoms with van der Waals surface area (Å²) in [6.07, 6.45) is 4.66. The molecule has 2 aliphatic carbocycles. The fourth-order valence-electron chi connectivity index (χ4n) is 3.36. The number of guanidine groups is 1. The molecular formula is C20H31FN4. The maximum atomic E-state index is 14.1. The Kier molecular flexibility index (Phi) is 5.62. The summed E-state index contributed by atoms with van der Waals surface area (Å²) in [4.78, 5) is 7.21. The van der Waals surface area contributed by atoms with Crippen molar-refractivity contribution in [3.63, 3.8) is 0 Å². The molecule has 138 valence electrons. The lowest BCUT2D eigenvalue weighted by molar-refractivity contribution is 0.247.